The molecule has 0 aliphatic carbocycles. The Kier molecular flexibility index (Phi) is 7.95. The van der Waals surface area contributed by atoms with Gasteiger partial charge in [0.05, 0.1) is 11.4 Å². The van der Waals surface area contributed by atoms with Crippen molar-refractivity contribution in [3.05, 3.63) is 71.9 Å². The Morgan fingerprint density at radius 2 is 1.91 bits per heavy atom. The number of nitrogens with zero attached hydrogens (tertiary/aromatic N) is 3. The number of hydrogen-bond donors (Lipinski definition) is 1. The van der Waals surface area contributed by atoms with Crippen LogP contribution in [0.2, 0.25) is 0 Å². The third-order valence-corrected chi connectivity index (χ3v) is 6.47. The normalized spacial score (nSPS) is 16.6. The van der Waals surface area contributed by atoms with E-state index in [0.29, 0.717) is 12.8 Å². The van der Waals surface area contributed by atoms with Crippen molar-refractivity contribution < 1.29 is 4.79 Å². The number of aryl methyl sites for hydroxylation is 2. The monoisotopic (exact) mass is 444 g/mol. The summed E-state index contributed by atoms with van der Waals surface area (Å²) in [5, 5.41) is 7.99. The molecule has 0 bridgehead atoms. The van der Waals surface area contributed by atoms with Gasteiger partial charge >= 0.3 is 0 Å². The van der Waals surface area contributed by atoms with Crippen molar-refractivity contribution in [1.29, 1.82) is 0 Å². The van der Waals surface area contributed by atoms with Crippen LogP contribution in [0.1, 0.15) is 43.7 Å². The molecule has 1 aliphatic rings. The van der Waals surface area contributed by atoms with Crippen LogP contribution in [-0.2, 0) is 11.2 Å². The summed E-state index contributed by atoms with van der Waals surface area (Å²) in [4.78, 5) is 15.1. The number of para-hydroxylation sites is 1. The van der Waals surface area contributed by atoms with Gasteiger partial charge in [-0.25, -0.2) is 4.68 Å². The van der Waals surface area contributed by atoms with Crippen LogP contribution in [0.4, 0.5) is 0 Å². The van der Waals surface area contributed by atoms with Crippen molar-refractivity contribution in [3.63, 3.8) is 0 Å². The van der Waals surface area contributed by atoms with Gasteiger partial charge in [-0.1, -0.05) is 55.0 Å². The van der Waals surface area contributed by atoms with Crippen molar-refractivity contribution in [2.24, 2.45) is 5.92 Å². The largest absolute Gasteiger partial charge is 0.356 e. The predicted molar refractivity (Wildman–Crippen MR) is 135 cm³/mol. The van der Waals surface area contributed by atoms with E-state index in [1.165, 1.54) is 31.5 Å². The van der Waals surface area contributed by atoms with Gasteiger partial charge in [-0.2, -0.15) is 5.10 Å². The highest BCUT2D eigenvalue weighted by molar-refractivity contribution is 5.76. The number of piperidine rings is 1. The highest BCUT2D eigenvalue weighted by Crippen LogP contribution is 2.25. The average molecular weight is 445 g/mol. The predicted octanol–water partition coefficient (Wildman–Crippen LogP) is 5.02. The Morgan fingerprint density at radius 3 is 2.67 bits per heavy atom. The SMILES string of the molecule is Cc1ccc(-c2nn(-c3ccccc3)cc2CCC(=O)NCCCN2CCC[C@@H](C)C2)cc1. The summed E-state index contributed by atoms with van der Waals surface area (Å²) in [6.07, 6.45) is 6.87. The van der Waals surface area contributed by atoms with Crippen LogP contribution < -0.4 is 5.32 Å². The van der Waals surface area contributed by atoms with E-state index < -0.39 is 0 Å². The van der Waals surface area contributed by atoms with E-state index in [9.17, 15) is 4.79 Å². The van der Waals surface area contributed by atoms with Gasteiger partial charge in [-0.05, 0) is 69.3 Å². The molecule has 0 radical (unpaired) electrons. The summed E-state index contributed by atoms with van der Waals surface area (Å²) in [6, 6.07) is 18.6. The molecule has 3 aromatic rings. The summed E-state index contributed by atoms with van der Waals surface area (Å²) >= 11 is 0. The van der Waals surface area contributed by atoms with Crippen molar-refractivity contribution in [2.75, 3.05) is 26.2 Å². The Balaban J connectivity index is 1.35. The molecule has 1 aromatic heterocycles. The zero-order chi connectivity index (χ0) is 23.0. The van der Waals surface area contributed by atoms with Crippen molar-refractivity contribution in [3.8, 4) is 16.9 Å². The van der Waals surface area contributed by atoms with E-state index in [2.05, 4.69) is 54.5 Å². The zero-order valence-electron chi connectivity index (χ0n) is 20.0. The number of carbonyl (C=O) groups is 1. The van der Waals surface area contributed by atoms with Crippen LogP contribution >= 0.6 is 0 Å². The molecule has 0 unspecified atom stereocenters. The highest BCUT2D eigenvalue weighted by Gasteiger charge is 2.16. The third-order valence-electron chi connectivity index (χ3n) is 6.47. The van der Waals surface area contributed by atoms with Gasteiger partial charge in [0.15, 0.2) is 0 Å². The van der Waals surface area contributed by atoms with Gasteiger partial charge in [0.1, 0.15) is 0 Å². The summed E-state index contributed by atoms with van der Waals surface area (Å²) in [6.45, 7) is 8.64. The molecule has 1 fully saturated rings. The molecule has 1 N–H and O–H groups in total. The number of nitrogens with one attached hydrogen (secondary N) is 1. The van der Waals surface area contributed by atoms with E-state index >= 15 is 0 Å². The first kappa shape index (κ1) is 23.2. The number of carbonyl (C=O) groups excluding carboxylic acids is 1. The molecule has 5 heteroatoms. The number of rotatable bonds is 9. The van der Waals surface area contributed by atoms with Crippen molar-refractivity contribution in [2.45, 2.75) is 46.0 Å². The standard InChI is InChI=1S/C28H36N4O/c1-22-11-13-24(14-12-22)28-25(21-32(30-28)26-9-4-3-5-10-26)15-16-27(33)29-17-7-19-31-18-6-8-23(2)20-31/h3-5,9-14,21,23H,6-8,15-20H2,1-2H3,(H,29,33)/t23-/m1/s1. The summed E-state index contributed by atoms with van der Waals surface area (Å²) in [5.74, 6) is 0.914. The van der Waals surface area contributed by atoms with E-state index in [0.717, 1.165) is 47.9 Å². The number of hydrogen-bond acceptors (Lipinski definition) is 3. The van der Waals surface area contributed by atoms with E-state index in [4.69, 9.17) is 5.10 Å². The van der Waals surface area contributed by atoms with Crippen molar-refractivity contribution >= 4 is 5.91 Å². The lowest BCUT2D eigenvalue weighted by Gasteiger charge is -2.30. The summed E-state index contributed by atoms with van der Waals surface area (Å²) in [5.41, 5.74) is 5.38. The molecule has 1 saturated heterocycles. The minimum absolute atomic E-state index is 0.115. The van der Waals surface area contributed by atoms with Gasteiger partial charge in [-0.3, -0.25) is 4.79 Å². The van der Waals surface area contributed by atoms with Gasteiger partial charge in [0, 0.05) is 31.3 Å². The Morgan fingerprint density at radius 1 is 1.12 bits per heavy atom. The molecule has 5 nitrogen and oxygen atoms in total. The lowest BCUT2D eigenvalue weighted by atomic mass is 10.0. The summed E-state index contributed by atoms with van der Waals surface area (Å²) < 4.78 is 1.92. The molecule has 2 aromatic carbocycles. The Hall–Kier alpha value is -2.92. The second-order valence-electron chi connectivity index (χ2n) is 9.40. The van der Waals surface area contributed by atoms with Gasteiger partial charge in [0.2, 0.25) is 5.91 Å². The maximum atomic E-state index is 12.5. The molecular weight excluding hydrogens is 408 g/mol. The van der Waals surface area contributed by atoms with E-state index in [-0.39, 0.29) is 5.91 Å². The van der Waals surface area contributed by atoms with Gasteiger partial charge in [0.25, 0.3) is 0 Å². The number of aromatic nitrogens is 2. The number of amides is 1. The lowest BCUT2D eigenvalue weighted by Crippen LogP contribution is -2.36. The minimum Gasteiger partial charge on any atom is -0.356 e. The third kappa shape index (κ3) is 6.55. The van der Waals surface area contributed by atoms with Crippen LogP contribution in [0, 0.1) is 12.8 Å². The molecule has 0 spiro atoms. The highest BCUT2D eigenvalue weighted by atomic mass is 16.1. The average Bonchev–Trinajstić information content (AvgIpc) is 3.26. The fourth-order valence-electron chi connectivity index (χ4n) is 4.62. The van der Waals surface area contributed by atoms with E-state index in [1.807, 2.05) is 35.0 Å². The molecule has 4 rings (SSSR count). The maximum absolute atomic E-state index is 12.5. The lowest BCUT2D eigenvalue weighted by molar-refractivity contribution is -0.121. The topological polar surface area (TPSA) is 50.2 Å². The summed E-state index contributed by atoms with van der Waals surface area (Å²) in [7, 11) is 0. The quantitative estimate of drug-likeness (QED) is 0.472. The molecule has 0 saturated carbocycles. The van der Waals surface area contributed by atoms with E-state index in [1.54, 1.807) is 0 Å². The molecule has 1 atom stereocenters. The van der Waals surface area contributed by atoms with Gasteiger partial charge in [-0.15, -0.1) is 0 Å². The molecule has 174 valence electrons. The van der Waals surface area contributed by atoms with Crippen LogP contribution in [0.3, 0.4) is 0 Å². The molecule has 33 heavy (non-hydrogen) atoms. The molecule has 2 heterocycles. The van der Waals surface area contributed by atoms with Crippen LogP contribution in [0.15, 0.2) is 60.8 Å². The Labute approximate surface area is 197 Å². The molecular formula is C28H36N4O. The maximum Gasteiger partial charge on any atom is 0.220 e. The molecule has 1 aliphatic heterocycles. The zero-order valence-corrected chi connectivity index (χ0v) is 20.0. The fourth-order valence-corrected chi connectivity index (χ4v) is 4.62. The number of benzene rings is 2. The second-order valence-corrected chi connectivity index (χ2v) is 9.40. The first-order chi connectivity index (χ1) is 16.1. The minimum atomic E-state index is 0.115. The van der Waals surface area contributed by atoms with Crippen molar-refractivity contribution in [1.82, 2.24) is 20.0 Å². The second kappa shape index (κ2) is 11.3. The first-order valence-corrected chi connectivity index (χ1v) is 12.3. The first-order valence-electron chi connectivity index (χ1n) is 12.3. The Bertz CT molecular complexity index is 1030. The van der Waals surface area contributed by atoms with Crippen LogP contribution in [0.5, 0.6) is 0 Å². The number of likely N-dealkylation sites (tertiary alicyclic amines) is 1. The molecule has 1 amide bonds. The van der Waals surface area contributed by atoms with Gasteiger partial charge < -0.3 is 10.2 Å². The smallest absolute Gasteiger partial charge is 0.220 e. The fraction of sp³-hybridized carbons (Fsp3) is 0.429. The van der Waals surface area contributed by atoms with Crippen LogP contribution in [0.25, 0.3) is 16.9 Å². The van der Waals surface area contributed by atoms with Crippen LogP contribution in [-0.4, -0.2) is 46.8 Å².